The van der Waals surface area contributed by atoms with Crippen molar-refractivity contribution < 1.29 is 0 Å². The Labute approximate surface area is 59.3 Å². The molecule has 1 nitrogen and oxygen atoms in total. The molecule has 0 aliphatic carbocycles. The number of aliphatic imine (C=N–C) groups is 1. The van der Waals surface area contributed by atoms with Crippen molar-refractivity contribution in [3.05, 3.63) is 0 Å². The SMILES string of the molecule is CC/N=C(\C)P(C)CC. The van der Waals surface area contributed by atoms with Gasteiger partial charge in [0, 0.05) is 12.0 Å². The van der Waals surface area contributed by atoms with Gasteiger partial charge < -0.3 is 0 Å². The summed E-state index contributed by atoms with van der Waals surface area (Å²) in [6.45, 7) is 9.67. The molecule has 0 heterocycles. The van der Waals surface area contributed by atoms with Gasteiger partial charge in [-0.3, -0.25) is 4.99 Å². The zero-order chi connectivity index (χ0) is 7.28. The van der Waals surface area contributed by atoms with E-state index >= 15 is 0 Å². The largest absolute Gasteiger partial charge is 0.290 e. The molecule has 0 fully saturated rings. The van der Waals surface area contributed by atoms with Crippen molar-refractivity contribution in [2.75, 3.05) is 19.4 Å². The normalized spacial score (nSPS) is 15.8. The Morgan fingerprint density at radius 2 is 2.00 bits per heavy atom. The molecule has 0 aromatic rings. The Balaban J connectivity index is 3.70. The van der Waals surface area contributed by atoms with Gasteiger partial charge in [0.25, 0.3) is 0 Å². The minimum atomic E-state index is 0.105. The fraction of sp³-hybridized carbons (Fsp3) is 0.857. The first-order chi connectivity index (χ1) is 4.22. The molecule has 54 valence electrons. The van der Waals surface area contributed by atoms with Crippen LogP contribution in [0.4, 0.5) is 0 Å². The highest BCUT2D eigenvalue weighted by Crippen LogP contribution is 2.31. The summed E-state index contributed by atoms with van der Waals surface area (Å²) in [6.07, 6.45) is 1.27. The van der Waals surface area contributed by atoms with Gasteiger partial charge in [0.2, 0.25) is 0 Å². The Morgan fingerprint density at radius 3 is 2.33 bits per heavy atom. The highest BCUT2D eigenvalue weighted by molar-refractivity contribution is 7.74. The second kappa shape index (κ2) is 4.93. The maximum atomic E-state index is 4.34. The van der Waals surface area contributed by atoms with E-state index in [1.54, 1.807) is 0 Å². The Hall–Kier alpha value is 0.100. The molecule has 1 atom stereocenters. The van der Waals surface area contributed by atoms with E-state index in [-0.39, 0.29) is 7.92 Å². The van der Waals surface area contributed by atoms with E-state index in [9.17, 15) is 0 Å². The molecule has 0 N–H and O–H groups in total. The van der Waals surface area contributed by atoms with Crippen molar-refractivity contribution in [1.29, 1.82) is 0 Å². The van der Waals surface area contributed by atoms with E-state index in [1.165, 1.54) is 11.6 Å². The summed E-state index contributed by atoms with van der Waals surface area (Å²) in [6, 6.07) is 0. The molecule has 0 spiro atoms. The molecule has 0 saturated carbocycles. The molecule has 0 saturated heterocycles. The highest BCUT2D eigenvalue weighted by atomic mass is 31.1. The van der Waals surface area contributed by atoms with Crippen LogP contribution in [0.2, 0.25) is 0 Å². The van der Waals surface area contributed by atoms with Gasteiger partial charge in [0.05, 0.1) is 0 Å². The maximum absolute atomic E-state index is 4.34. The molecule has 0 radical (unpaired) electrons. The Morgan fingerprint density at radius 1 is 1.44 bits per heavy atom. The van der Waals surface area contributed by atoms with Crippen LogP contribution in [0.3, 0.4) is 0 Å². The fourth-order valence-electron chi connectivity index (χ4n) is 0.578. The minimum Gasteiger partial charge on any atom is -0.290 e. The van der Waals surface area contributed by atoms with Crippen LogP contribution in [0.5, 0.6) is 0 Å². The third-order valence-electron chi connectivity index (χ3n) is 1.41. The van der Waals surface area contributed by atoms with Gasteiger partial charge in [0.1, 0.15) is 0 Å². The second-order valence-electron chi connectivity index (χ2n) is 2.04. The third-order valence-corrected chi connectivity index (χ3v) is 3.61. The molecular weight excluding hydrogens is 129 g/mol. The van der Waals surface area contributed by atoms with Crippen molar-refractivity contribution in [3.63, 3.8) is 0 Å². The molecule has 0 rings (SSSR count). The first-order valence-corrected chi connectivity index (χ1v) is 5.42. The maximum Gasteiger partial charge on any atom is 0.0364 e. The summed E-state index contributed by atoms with van der Waals surface area (Å²) >= 11 is 0. The van der Waals surface area contributed by atoms with Gasteiger partial charge in [-0.2, -0.15) is 0 Å². The van der Waals surface area contributed by atoms with Gasteiger partial charge in [-0.1, -0.05) is 14.8 Å². The molecule has 0 aliphatic rings. The van der Waals surface area contributed by atoms with Crippen LogP contribution in [0.15, 0.2) is 4.99 Å². The number of rotatable bonds is 3. The number of hydrogen-bond acceptors (Lipinski definition) is 1. The summed E-state index contributed by atoms with van der Waals surface area (Å²) in [4.78, 5) is 4.34. The lowest BCUT2D eigenvalue weighted by molar-refractivity contribution is 1.13. The van der Waals surface area contributed by atoms with Gasteiger partial charge >= 0.3 is 0 Å². The number of nitrogens with zero attached hydrogens (tertiary/aromatic N) is 1. The third kappa shape index (κ3) is 3.64. The number of hydrogen-bond donors (Lipinski definition) is 0. The van der Waals surface area contributed by atoms with E-state index < -0.39 is 0 Å². The van der Waals surface area contributed by atoms with Crippen molar-refractivity contribution in [1.82, 2.24) is 0 Å². The highest BCUT2D eigenvalue weighted by Gasteiger charge is 1.98. The lowest BCUT2D eigenvalue weighted by Crippen LogP contribution is -1.90. The molecule has 0 amide bonds. The molecule has 0 aliphatic heterocycles. The zero-order valence-electron chi connectivity index (χ0n) is 6.81. The average Bonchev–Trinajstić information content (AvgIpc) is 1.87. The van der Waals surface area contributed by atoms with Crippen LogP contribution in [0.1, 0.15) is 20.8 Å². The molecule has 2 heteroatoms. The Bertz CT molecular complexity index is 99.1. The topological polar surface area (TPSA) is 12.4 Å². The van der Waals surface area contributed by atoms with Gasteiger partial charge in [-0.25, -0.2) is 0 Å². The quantitative estimate of drug-likeness (QED) is 0.427. The summed E-state index contributed by atoms with van der Waals surface area (Å²) in [7, 11) is 0.105. The standard InChI is InChI=1S/C7H16NP/c1-5-8-7(3)9(4)6-2/h5-6H2,1-4H3/b8-7+. The predicted molar refractivity (Wildman–Crippen MR) is 47.0 cm³/mol. The fourth-order valence-corrected chi connectivity index (χ4v) is 1.42. The molecule has 0 bridgehead atoms. The smallest absolute Gasteiger partial charge is 0.0364 e. The second-order valence-corrected chi connectivity index (χ2v) is 4.71. The first-order valence-electron chi connectivity index (χ1n) is 3.44. The van der Waals surface area contributed by atoms with Crippen LogP contribution in [-0.2, 0) is 0 Å². The van der Waals surface area contributed by atoms with Gasteiger partial charge in [-0.15, -0.1) is 0 Å². The zero-order valence-corrected chi connectivity index (χ0v) is 7.70. The van der Waals surface area contributed by atoms with Crippen LogP contribution in [0, 0.1) is 0 Å². The van der Waals surface area contributed by atoms with Crippen molar-refractivity contribution >= 4 is 13.4 Å². The van der Waals surface area contributed by atoms with Crippen molar-refractivity contribution in [3.8, 4) is 0 Å². The van der Waals surface area contributed by atoms with Crippen LogP contribution >= 0.6 is 7.92 Å². The van der Waals surface area contributed by atoms with Crippen molar-refractivity contribution in [2.45, 2.75) is 20.8 Å². The van der Waals surface area contributed by atoms with E-state index in [0.29, 0.717) is 0 Å². The molecule has 0 aromatic heterocycles. The van der Waals surface area contributed by atoms with Crippen molar-refractivity contribution in [2.24, 2.45) is 4.99 Å². The van der Waals surface area contributed by atoms with Crippen LogP contribution in [-0.4, -0.2) is 24.8 Å². The lowest BCUT2D eigenvalue weighted by atomic mass is 10.7. The predicted octanol–water partition coefficient (Wildman–Crippen LogP) is 2.56. The minimum absolute atomic E-state index is 0.105. The van der Waals surface area contributed by atoms with E-state index in [0.717, 1.165) is 6.54 Å². The lowest BCUT2D eigenvalue weighted by Gasteiger charge is -2.06. The monoisotopic (exact) mass is 145 g/mol. The summed E-state index contributed by atoms with van der Waals surface area (Å²) < 4.78 is 0. The Kier molecular flexibility index (Phi) is 4.99. The summed E-state index contributed by atoms with van der Waals surface area (Å²) in [5.74, 6) is 0. The van der Waals surface area contributed by atoms with Gasteiger partial charge in [0.15, 0.2) is 0 Å². The molecule has 1 unspecified atom stereocenters. The van der Waals surface area contributed by atoms with Gasteiger partial charge in [-0.05, 0) is 26.7 Å². The molecule has 0 aromatic carbocycles. The van der Waals surface area contributed by atoms with E-state index in [1.807, 2.05) is 0 Å². The van der Waals surface area contributed by atoms with E-state index in [4.69, 9.17) is 0 Å². The summed E-state index contributed by atoms with van der Waals surface area (Å²) in [5, 5.41) is 0. The van der Waals surface area contributed by atoms with Crippen LogP contribution in [0.25, 0.3) is 0 Å². The average molecular weight is 145 g/mol. The molecule has 9 heavy (non-hydrogen) atoms. The van der Waals surface area contributed by atoms with Crippen LogP contribution < -0.4 is 0 Å². The molecular formula is C7H16NP. The van der Waals surface area contributed by atoms with E-state index in [2.05, 4.69) is 32.4 Å². The summed E-state index contributed by atoms with van der Waals surface area (Å²) in [5.41, 5.74) is 1.36. The first kappa shape index (κ1) is 9.10.